The lowest BCUT2D eigenvalue weighted by atomic mass is 10.0. The molecule has 0 bridgehead atoms. The maximum Gasteiger partial charge on any atom is 0.338 e. The van der Waals surface area contributed by atoms with Gasteiger partial charge in [-0.25, -0.2) is 4.79 Å². The van der Waals surface area contributed by atoms with Gasteiger partial charge < -0.3 is 9.47 Å². The van der Waals surface area contributed by atoms with E-state index in [2.05, 4.69) is 0 Å². The van der Waals surface area contributed by atoms with Crippen LogP contribution in [0.4, 0.5) is 0 Å². The van der Waals surface area contributed by atoms with Crippen molar-refractivity contribution in [1.82, 2.24) is 0 Å². The number of hydrogen-bond donors (Lipinski definition) is 0. The maximum atomic E-state index is 11.8. The summed E-state index contributed by atoms with van der Waals surface area (Å²) in [5.74, 6) is -0.0578. The van der Waals surface area contributed by atoms with Gasteiger partial charge in [-0.2, -0.15) is 0 Å². The Kier molecular flexibility index (Phi) is 3.77. The van der Waals surface area contributed by atoms with Gasteiger partial charge in [0, 0.05) is 12.5 Å². The highest BCUT2D eigenvalue weighted by Crippen LogP contribution is 2.19. The number of benzene rings is 1. The molecule has 0 radical (unpaired) electrons. The molecule has 0 heterocycles. The van der Waals surface area contributed by atoms with Crippen LogP contribution in [0.25, 0.3) is 0 Å². The molecular formula is C14H14O4. The van der Waals surface area contributed by atoms with Crippen LogP contribution in [-0.4, -0.2) is 25.0 Å². The van der Waals surface area contributed by atoms with E-state index in [1.54, 1.807) is 24.3 Å². The minimum atomic E-state index is -0.698. The summed E-state index contributed by atoms with van der Waals surface area (Å²) in [6, 6.07) is 8.64. The number of esters is 1. The van der Waals surface area contributed by atoms with Crippen molar-refractivity contribution in [2.75, 3.05) is 7.11 Å². The monoisotopic (exact) mass is 246 g/mol. The van der Waals surface area contributed by atoms with E-state index in [1.165, 1.54) is 13.2 Å². The molecule has 2 rings (SSSR count). The molecule has 0 aromatic heterocycles. The van der Waals surface area contributed by atoms with Gasteiger partial charge in [0.15, 0.2) is 11.9 Å². The Labute approximate surface area is 105 Å². The summed E-state index contributed by atoms with van der Waals surface area (Å²) in [5, 5.41) is 0. The molecule has 0 fully saturated rings. The lowest BCUT2D eigenvalue weighted by Crippen LogP contribution is -2.29. The summed E-state index contributed by atoms with van der Waals surface area (Å²) in [4.78, 5) is 23.5. The van der Waals surface area contributed by atoms with E-state index in [4.69, 9.17) is 9.47 Å². The van der Waals surface area contributed by atoms with Crippen molar-refractivity contribution in [2.45, 2.75) is 18.9 Å². The van der Waals surface area contributed by atoms with Crippen molar-refractivity contribution < 1.29 is 19.1 Å². The zero-order valence-electron chi connectivity index (χ0n) is 10.1. The van der Waals surface area contributed by atoms with Gasteiger partial charge in [-0.05, 0) is 18.6 Å². The van der Waals surface area contributed by atoms with Crippen LogP contribution < -0.4 is 0 Å². The number of hydrogen-bond acceptors (Lipinski definition) is 4. The van der Waals surface area contributed by atoms with Crippen LogP contribution in [0, 0.1) is 0 Å². The molecule has 1 aromatic rings. The predicted molar refractivity (Wildman–Crippen MR) is 65.0 cm³/mol. The smallest absolute Gasteiger partial charge is 0.338 e. The van der Waals surface area contributed by atoms with Gasteiger partial charge >= 0.3 is 5.97 Å². The van der Waals surface area contributed by atoms with Crippen molar-refractivity contribution in [2.24, 2.45) is 0 Å². The molecule has 18 heavy (non-hydrogen) atoms. The molecule has 0 saturated heterocycles. The van der Waals surface area contributed by atoms with Gasteiger partial charge in [0.2, 0.25) is 0 Å². The largest absolute Gasteiger partial charge is 0.501 e. The average molecular weight is 246 g/mol. The van der Waals surface area contributed by atoms with Crippen LogP contribution in [0.1, 0.15) is 23.2 Å². The fourth-order valence-corrected chi connectivity index (χ4v) is 1.79. The van der Waals surface area contributed by atoms with Crippen molar-refractivity contribution in [3.63, 3.8) is 0 Å². The highest BCUT2D eigenvalue weighted by Gasteiger charge is 2.26. The topological polar surface area (TPSA) is 52.6 Å². The molecule has 0 amide bonds. The Balaban J connectivity index is 2.01. The second-order valence-corrected chi connectivity index (χ2v) is 4.02. The maximum absolute atomic E-state index is 11.8. The molecule has 94 valence electrons. The van der Waals surface area contributed by atoms with E-state index < -0.39 is 12.1 Å². The van der Waals surface area contributed by atoms with Gasteiger partial charge in [-0.15, -0.1) is 0 Å². The number of methoxy groups -OCH3 is 1. The third-order valence-corrected chi connectivity index (χ3v) is 2.79. The predicted octanol–water partition coefficient (Wildman–Crippen LogP) is 2.11. The van der Waals surface area contributed by atoms with E-state index in [-0.39, 0.29) is 5.78 Å². The third-order valence-electron chi connectivity index (χ3n) is 2.79. The molecule has 1 aliphatic carbocycles. The Bertz CT molecular complexity index is 476. The first-order chi connectivity index (χ1) is 8.70. The number of ketones is 1. The van der Waals surface area contributed by atoms with Gasteiger partial charge in [0.25, 0.3) is 0 Å². The first-order valence-corrected chi connectivity index (χ1v) is 5.75. The van der Waals surface area contributed by atoms with Crippen molar-refractivity contribution >= 4 is 11.8 Å². The fraction of sp³-hybridized carbons (Fsp3) is 0.286. The highest BCUT2D eigenvalue weighted by atomic mass is 16.5. The van der Waals surface area contributed by atoms with E-state index in [0.29, 0.717) is 24.2 Å². The van der Waals surface area contributed by atoms with Crippen LogP contribution in [0.3, 0.4) is 0 Å². The molecule has 0 aliphatic heterocycles. The summed E-state index contributed by atoms with van der Waals surface area (Å²) < 4.78 is 10.2. The Morgan fingerprint density at radius 3 is 2.61 bits per heavy atom. The number of ether oxygens (including phenoxy) is 2. The van der Waals surface area contributed by atoms with Crippen molar-refractivity contribution in [1.29, 1.82) is 0 Å². The molecule has 1 aromatic carbocycles. The van der Waals surface area contributed by atoms with Crippen LogP contribution in [-0.2, 0) is 14.3 Å². The van der Waals surface area contributed by atoms with Gasteiger partial charge in [-0.1, -0.05) is 18.2 Å². The summed E-state index contributed by atoms with van der Waals surface area (Å²) in [6.45, 7) is 0. The molecule has 4 nitrogen and oxygen atoms in total. The third kappa shape index (κ3) is 2.77. The lowest BCUT2D eigenvalue weighted by Gasteiger charge is -2.20. The Morgan fingerprint density at radius 1 is 1.28 bits per heavy atom. The van der Waals surface area contributed by atoms with E-state index in [9.17, 15) is 9.59 Å². The summed E-state index contributed by atoms with van der Waals surface area (Å²) >= 11 is 0. The molecule has 1 aliphatic rings. The van der Waals surface area contributed by atoms with E-state index in [1.807, 2.05) is 6.07 Å². The minimum absolute atomic E-state index is 0.220. The van der Waals surface area contributed by atoms with Crippen molar-refractivity contribution in [3.8, 4) is 0 Å². The summed E-state index contributed by atoms with van der Waals surface area (Å²) in [5.41, 5.74) is 0.451. The first-order valence-electron chi connectivity index (χ1n) is 5.75. The van der Waals surface area contributed by atoms with Crippen LogP contribution in [0.15, 0.2) is 42.2 Å². The van der Waals surface area contributed by atoms with Gasteiger partial charge in [0.1, 0.15) is 0 Å². The van der Waals surface area contributed by atoms with Gasteiger partial charge in [-0.3, -0.25) is 4.79 Å². The minimum Gasteiger partial charge on any atom is -0.501 e. The second-order valence-electron chi connectivity index (χ2n) is 4.02. The zero-order valence-corrected chi connectivity index (χ0v) is 10.1. The van der Waals surface area contributed by atoms with Crippen LogP contribution in [0.2, 0.25) is 0 Å². The van der Waals surface area contributed by atoms with E-state index >= 15 is 0 Å². The number of carbonyl (C=O) groups excluding carboxylic acids is 2. The average Bonchev–Trinajstić information content (AvgIpc) is 2.42. The van der Waals surface area contributed by atoms with Crippen LogP contribution >= 0.6 is 0 Å². The standard InChI is InChI=1S/C14H14O4/c1-17-11-7-8-13(12(15)9-11)18-14(16)10-5-3-2-4-6-10/h2-6,9,13H,7-8H2,1H3. The molecule has 1 unspecified atom stereocenters. The zero-order chi connectivity index (χ0) is 13.0. The number of carbonyl (C=O) groups is 2. The molecule has 4 heteroatoms. The summed E-state index contributed by atoms with van der Waals surface area (Å²) in [6.07, 6.45) is 1.77. The number of rotatable bonds is 3. The molecule has 0 spiro atoms. The number of allylic oxidation sites excluding steroid dienone is 1. The molecular weight excluding hydrogens is 232 g/mol. The molecule has 0 N–H and O–H groups in total. The molecule has 1 atom stereocenters. The lowest BCUT2D eigenvalue weighted by molar-refractivity contribution is -0.124. The molecule has 0 saturated carbocycles. The first kappa shape index (κ1) is 12.4. The highest BCUT2D eigenvalue weighted by molar-refractivity contribution is 5.98. The Hall–Kier alpha value is -2.10. The fourth-order valence-electron chi connectivity index (χ4n) is 1.79. The van der Waals surface area contributed by atoms with E-state index in [0.717, 1.165) is 0 Å². The SMILES string of the molecule is COC1=CC(=O)C(OC(=O)c2ccccc2)CC1. The Morgan fingerprint density at radius 2 is 2.00 bits per heavy atom. The van der Waals surface area contributed by atoms with Gasteiger partial charge in [0.05, 0.1) is 18.4 Å². The second kappa shape index (κ2) is 5.49. The van der Waals surface area contributed by atoms with Crippen LogP contribution in [0.5, 0.6) is 0 Å². The quantitative estimate of drug-likeness (QED) is 0.766. The van der Waals surface area contributed by atoms with Crippen molar-refractivity contribution in [3.05, 3.63) is 47.7 Å². The summed E-state index contributed by atoms with van der Waals surface area (Å²) in [7, 11) is 1.52. The normalized spacial score (nSPS) is 19.1.